The fraction of sp³-hybridized carbons (Fsp3) is 0.478. The van der Waals surface area contributed by atoms with Gasteiger partial charge in [0.25, 0.3) is 0 Å². The Kier molecular flexibility index (Phi) is 10.7. The van der Waals surface area contributed by atoms with E-state index in [9.17, 15) is 0 Å². The zero-order chi connectivity index (χ0) is 21.7. The molecule has 0 unspecified atom stereocenters. The Hall–Kier alpha value is -1.58. The van der Waals surface area contributed by atoms with Crippen molar-refractivity contribution in [3.63, 3.8) is 0 Å². The molecule has 3 rings (SSSR count). The van der Waals surface area contributed by atoms with Gasteiger partial charge < -0.3 is 19.2 Å². The SMILES string of the molecule is COCCOCCCOCCCSc1ccnc(CSc2nc3ccccc3[nH]2)c1C. The molecule has 1 aromatic carbocycles. The maximum Gasteiger partial charge on any atom is 0.166 e. The Morgan fingerprint density at radius 2 is 1.74 bits per heavy atom. The number of rotatable bonds is 15. The lowest BCUT2D eigenvalue weighted by molar-refractivity contribution is 0.0516. The lowest BCUT2D eigenvalue weighted by Crippen LogP contribution is -2.06. The van der Waals surface area contributed by atoms with Crippen molar-refractivity contribution in [1.82, 2.24) is 15.0 Å². The van der Waals surface area contributed by atoms with E-state index in [1.807, 2.05) is 42.2 Å². The van der Waals surface area contributed by atoms with Gasteiger partial charge in [-0.25, -0.2) is 4.98 Å². The minimum atomic E-state index is 0.646. The first kappa shape index (κ1) is 24.1. The highest BCUT2D eigenvalue weighted by Gasteiger charge is 2.09. The van der Waals surface area contributed by atoms with Crippen molar-refractivity contribution >= 4 is 34.6 Å². The quantitative estimate of drug-likeness (QED) is 0.249. The van der Waals surface area contributed by atoms with Gasteiger partial charge in [-0.3, -0.25) is 4.98 Å². The van der Waals surface area contributed by atoms with Gasteiger partial charge in [-0.05, 0) is 43.5 Å². The van der Waals surface area contributed by atoms with Gasteiger partial charge in [0, 0.05) is 49.5 Å². The number of nitrogens with zero attached hydrogens (tertiary/aromatic N) is 2. The maximum atomic E-state index is 5.69. The zero-order valence-corrected chi connectivity index (χ0v) is 19.9. The van der Waals surface area contributed by atoms with Crippen molar-refractivity contribution in [2.24, 2.45) is 0 Å². The first-order valence-corrected chi connectivity index (χ1v) is 12.5. The zero-order valence-electron chi connectivity index (χ0n) is 18.3. The van der Waals surface area contributed by atoms with Crippen molar-refractivity contribution in [2.75, 3.05) is 45.9 Å². The molecule has 0 aliphatic heterocycles. The summed E-state index contributed by atoms with van der Waals surface area (Å²) in [6.45, 7) is 5.70. The van der Waals surface area contributed by atoms with Crippen LogP contribution in [0.4, 0.5) is 0 Å². The van der Waals surface area contributed by atoms with Crippen LogP contribution in [-0.2, 0) is 20.0 Å². The number of aromatic nitrogens is 3. The van der Waals surface area contributed by atoms with E-state index in [1.165, 1.54) is 10.5 Å². The minimum Gasteiger partial charge on any atom is -0.382 e. The number of ether oxygens (including phenoxy) is 3. The molecule has 0 fully saturated rings. The van der Waals surface area contributed by atoms with Crippen LogP contribution >= 0.6 is 23.5 Å². The van der Waals surface area contributed by atoms with Crippen LogP contribution in [0.15, 0.2) is 46.6 Å². The molecule has 2 aromatic heterocycles. The topological polar surface area (TPSA) is 69.3 Å². The number of thioether (sulfide) groups is 2. The summed E-state index contributed by atoms with van der Waals surface area (Å²) in [6, 6.07) is 10.2. The molecule has 2 heterocycles. The Bertz CT molecular complexity index is 887. The Balaban J connectivity index is 1.34. The van der Waals surface area contributed by atoms with Crippen LogP contribution in [0.3, 0.4) is 0 Å². The van der Waals surface area contributed by atoms with Crippen LogP contribution in [0.2, 0.25) is 0 Å². The van der Waals surface area contributed by atoms with E-state index < -0.39 is 0 Å². The van der Waals surface area contributed by atoms with E-state index in [2.05, 4.69) is 27.9 Å². The van der Waals surface area contributed by atoms with Gasteiger partial charge >= 0.3 is 0 Å². The number of imidazole rings is 1. The molecule has 0 amide bonds. The van der Waals surface area contributed by atoms with E-state index in [0.29, 0.717) is 13.2 Å². The molecule has 6 nitrogen and oxygen atoms in total. The number of fused-ring (bicyclic) bond motifs is 1. The number of aromatic amines is 1. The Morgan fingerprint density at radius 1 is 0.935 bits per heavy atom. The van der Waals surface area contributed by atoms with Gasteiger partial charge in [0.1, 0.15) is 0 Å². The summed E-state index contributed by atoms with van der Waals surface area (Å²) >= 11 is 3.56. The number of nitrogens with one attached hydrogen (secondary N) is 1. The Morgan fingerprint density at radius 3 is 2.58 bits per heavy atom. The largest absolute Gasteiger partial charge is 0.382 e. The highest BCUT2D eigenvalue weighted by molar-refractivity contribution is 7.99. The van der Waals surface area contributed by atoms with Crippen molar-refractivity contribution in [2.45, 2.75) is 35.6 Å². The number of methoxy groups -OCH3 is 1. The molecule has 31 heavy (non-hydrogen) atoms. The molecule has 0 spiro atoms. The molecule has 0 aliphatic carbocycles. The number of hydrogen-bond acceptors (Lipinski definition) is 7. The van der Waals surface area contributed by atoms with E-state index in [4.69, 9.17) is 14.2 Å². The van der Waals surface area contributed by atoms with E-state index in [-0.39, 0.29) is 0 Å². The highest BCUT2D eigenvalue weighted by atomic mass is 32.2. The van der Waals surface area contributed by atoms with Crippen molar-refractivity contribution in [3.8, 4) is 0 Å². The molecule has 0 saturated heterocycles. The highest BCUT2D eigenvalue weighted by Crippen LogP contribution is 2.28. The molecule has 0 atom stereocenters. The molecule has 0 saturated carbocycles. The molecule has 0 aliphatic rings. The van der Waals surface area contributed by atoms with Gasteiger partial charge in [0.05, 0.1) is 29.9 Å². The smallest absolute Gasteiger partial charge is 0.166 e. The fourth-order valence-electron chi connectivity index (χ4n) is 2.95. The Labute approximate surface area is 192 Å². The lowest BCUT2D eigenvalue weighted by Gasteiger charge is -2.10. The van der Waals surface area contributed by atoms with Gasteiger partial charge in [0.2, 0.25) is 0 Å². The summed E-state index contributed by atoms with van der Waals surface area (Å²) in [5, 5.41) is 0.932. The van der Waals surface area contributed by atoms with Gasteiger partial charge in [-0.15, -0.1) is 11.8 Å². The average molecular weight is 462 g/mol. The first-order valence-electron chi connectivity index (χ1n) is 10.6. The number of pyridine rings is 1. The third-order valence-corrected chi connectivity index (χ3v) is 6.80. The van der Waals surface area contributed by atoms with Crippen LogP contribution in [0.25, 0.3) is 11.0 Å². The van der Waals surface area contributed by atoms with Gasteiger partial charge in [-0.1, -0.05) is 23.9 Å². The standard InChI is InChI=1S/C23H31N3O3S2/c1-18-21(17-31-23-25-19-7-3-4-8-20(19)26-23)24-10-9-22(18)30-16-6-13-28-11-5-12-29-15-14-27-2/h3-4,7-10H,5-6,11-17H2,1-2H3,(H,25,26). The summed E-state index contributed by atoms with van der Waals surface area (Å²) in [5.41, 5.74) is 4.44. The monoisotopic (exact) mass is 461 g/mol. The summed E-state index contributed by atoms with van der Waals surface area (Å²) < 4.78 is 16.1. The van der Waals surface area contributed by atoms with Crippen LogP contribution in [0.5, 0.6) is 0 Å². The number of benzene rings is 1. The molecule has 168 valence electrons. The van der Waals surface area contributed by atoms with Crippen LogP contribution in [0, 0.1) is 6.92 Å². The second-order valence-electron chi connectivity index (χ2n) is 7.00. The van der Waals surface area contributed by atoms with Crippen molar-refractivity contribution in [1.29, 1.82) is 0 Å². The summed E-state index contributed by atoms with van der Waals surface area (Å²) in [7, 11) is 1.68. The van der Waals surface area contributed by atoms with Crippen LogP contribution in [0.1, 0.15) is 24.1 Å². The molecular formula is C23H31N3O3S2. The molecular weight excluding hydrogens is 430 g/mol. The second kappa shape index (κ2) is 13.8. The first-order chi connectivity index (χ1) is 15.3. The minimum absolute atomic E-state index is 0.646. The lowest BCUT2D eigenvalue weighted by atomic mass is 10.2. The molecule has 8 heteroatoms. The predicted octanol–water partition coefficient (Wildman–Crippen LogP) is 5.11. The molecule has 0 bridgehead atoms. The van der Waals surface area contributed by atoms with Crippen molar-refractivity contribution < 1.29 is 14.2 Å². The summed E-state index contributed by atoms with van der Waals surface area (Å²) in [5.74, 6) is 1.83. The van der Waals surface area contributed by atoms with Crippen LogP contribution < -0.4 is 0 Å². The van der Waals surface area contributed by atoms with Gasteiger partial charge in [-0.2, -0.15) is 0 Å². The van der Waals surface area contributed by atoms with E-state index in [1.54, 1.807) is 18.9 Å². The fourth-order valence-corrected chi connectivity index (χ4v) is 4.83. The maximum absolute atomic E-state index is 5.69. The van der Waals surface area contributed by atoms with Crippen LogP contribution in [-0.4, -0.2) is 60.8 Å². The molecule has 3 aromatic rings. The predicted molar refractivity (Wildman–Crippen MR) is 128 cm³/mol. The third-order valence-electron chi connectivity index (χ3n) is 4.67. The molecule has 1 N–H and O–H groups in total. The van der Waals surface area contributed by atoms with Crippen molar-refractivity contribution in [3.05, 3.63) is 47.8 Å². The van der Waals surface area contributed by atoms with E-state index in [0.717, 1.165) is 66.1 Å². The van der Waals surface area contributed by atoms with E-state index >= 15 is 0 Å². The third kappa shape index (κ3) is 8.12. The number of hydrogen-bond donors (Lipinski definition) is 1. The van der Waals surface area contributed by atoms with Gasteiger partial charge in [0.15, 0.2) is 5.16 Å². The second-order valence-corrected chi connectivity index (χ2v) is 9.10. The summed E-state index contributed by atoms with van der Waals surface area (Å²) in [6.07, 6.45) is 3.86. The normalized spacial score (nSPS) is 11.4. The summed E-state index contributed by atoms with van der Waals surface area (Å²) in [4.78, 5) is 13.9. The number of H-pyrrole nitrogens is 1. The molecule has 0 radical (unpaired) electrons. The number of para-hydroxylation sites is 2. The average Bonchev–Trinajstić information content (AvgIpc) is 3.20.